The van der Waals surface area contributed by atoms with Gasteiger partial charge in [0, 0.05) is 18.1 Å². The third kappa shape index (κ3) is 5.81. The van der Waals surface area contributed by atoms with Gasteiger partial charge in [-0.1, -0.05) is 54.1 Å². The smallest absolute Gasteiger partial charge is 0.311 e. The predicted octanol–water partition coefficient (Wildman–Crippen LogP) is 2.04. The number of nitrogens with zero attached hydrogens (tertiary/aromatic N) is 1. The highest BCUT2D eigenvalue weighted by Crippen LogP contribution is 2.24. The van der Waals surface area contributed by atoms with Crippen LogP contribution in [0.1, 0.15) is 30.0 Å². The lowest BCUT2D eigenvalue weighted by Crippen LogP contribution is -2.48. The third-order valence-electron chi connectivity index (χ3n) is 5.00. The van der Waals surface area contributed by atoms with Crippen LogP contribution in [0.25, 0.3) is 0 Å². The molecule has 3 rings (SSSR count). The summed E-state index contributed by atoms with van der Waals surface area (Å²) in [6.07, 6.45) is 0.952. The van der Waals surface area contributed by atoms with E-state index in [0.29, 0.717) is 31.0 Å². The van der Waals surface area contributed by atoms with E-state index in [1.807, 2.05) is 42.5 Å². The van der Waals surface area contributed by atoms with E-state index in [1.165, 1.54) is 4.90 Å². The van der Waals surface area contributed by atoms with Crippen molar-refractivity contribution in [2.24, 2.45) is 5.73 Å². The Morgan fingerprint density at radius 2 is 1.63 bits per heavy atom. The molecule has 0 bridgehead atoms. The maximum absolute atomic E-state index is 12.7. The highest BCUT2D eigenvalue weighted by Gasteiger charge is 2.29. The van der Waals surface area contributed by atoms with E-state index in [1.54, 1.807) is 12.1 Å². The Morgan fingerprint density at radius 1 is 1.03 bits per heavy atom. The highest BCUT2D eigenvalue weighted by molar-refractivity contribution is 6.35. The number of halogens is 1. The van der Waals surface area contributed by atoms with E-state index in [9.17, 15) is 14.4 Å². The standard InChI is InChI=1S/C22H24ClN3O4/c23-17-8-6-16(7-9-17)20(15-4-2-1-3-5-15)25-21(28)22(29)26-12-10-18(11-13-26)30-14-19(24)27/h1-9,18,20H,10-14H2,(H2,24,27)(H,25,28). The first-order valence-corrected chi connectivity index (χ1v) is 10.1. The summed E-state index contributed by atoms with van der Waals surface area (Å²) < 4.78 is 5.40. The number of hydrogen-bond acceptors (Lipinski definition) is 4. The zero-order valence-corrected chi connectivity index (χ0v) is 17.2. The summed E-state index contributed by atoms with van der Waals surface area (Å²) in [7, 11) is 0. The van der Waals surface area contributed by atoms with Gasteiger partial charge in [0.05, 0.1) is 12.1 Å². The second-order valence-corrected chi connectivity index (χ2v) is 7.57. The molecule has 7 nitrogen and oxygen atoms in total. The number of hydrogen-bond donors (Lipinski definition) is 2. The van der Waals surface area contributed by atoms with Gasteiger partial charge >= 0.3 is 11.8 Å². The van der Waals surface area contributed by atoms with Crippen molar-refractivity contribution in [3.63, 3.8) is 0 Å². The molecule has 1 saturated heterocycles. The summed E-state index contributed by atoms with van der Waals surface area (Å²) in [5, 5.41) is 3.44. The summed E-state index contributed by atoms with van der Waals surface area (Å²) in [4.78, 5) is 37.8. The van der Waals surface area contributed by atoms with Gasteiger partial charge < -0.3 is 20.7 Å². The molecule has 158 valence electrons. The first-order valence-electron chi connectivity index (χ1n) is 9.74. The van der Waals surface area contributed by atoms with Crippen LogP contribution < -0.4 is 11.1 Å². The molecule has 1 aliphatic heterocycles. The number of ether oxygens (including phenoxy) is 1. The summed E-state index contributed by atoms with van der Waals surface area (Å²) in [5.74, 6) is -1.78. The van der Waals surface area contributed by atoms with Crippen LogP contribution in [-0.2, 0) is 19.1 Å². The van der Waals surface area contributed by atoms with Crippen molar-refractivity contribution in [1.82, 2.24) is 10.2 Å². The molecule has 0 spiro atoms. The summed E-state index contributed by atoms with van der Waals surface area (Å²) in [5.41, 5.74) is 6.77. The van der Waals surface area contributed by atoms with E-state index in [4.69, 9.17) is 22.1 Å². The first kappa shape index (κ1) is 21.8. The lowest BCUT2D eigenvalue weighted by atomic mass is 9.98. The van der Waals surface area contributed by atoms with Crippen LogP contribution in [0.4, 0.5) is 0 Å². The van der Waals surface area contributed by atoms with Crippen molar-refractivity contribution in [2.45, 2.75) is 25.0 Å². The minimum Gasteiger partial charge on any atom is -0.368 e. The van der Waals surface area contributed by atoms with E-state index < -0.39 is 23.8 Å². The van der Waals surface area contributed by atoms with Crippen molar-refractivity contribution in [3.05, 3.63) is 70.7 Å². The largest absolute Gasteiger partial charge is 0.368 e. The Labute approximate surface area is 180 Å². The number of likely N-dealkylation sites (tertiary alicyclic amines) is 1. The number of rotatable bonds is 6. The van der Waals surface area contributed by atoms with Crippen molar-refractivity contribution in [1.29, 1.82) is 0 Å². The Bertz CT molecular complexity index is 881. The molecule has 1 aliphatic rings. The van der Waals surface area contributed by atoms with Gasteiger partial charge in [0.15, 0.2) is 0 Å². The molecule has 0 aliphatic carbocycles. The summed E-state index contributed by atoms with van der Waals surface area (Å²) in [6.45, 7) is 0.623. The normalized spacial score (nSPS) is 15.4. The number of primary amides is 1. The van der Waals surface area contributed by atoms with Gasteiger partial charge in [-0.05, 0) is 36.1 Å². The Morgan fingerprint density at radius 3 is 2.23 bits per heavy atom. The van der Waals surface area contributed by atoms with Crippen molar-refractivity contribution >= 4 is 29.3 Å². The average Bonchev–Trinajstić information content (AvgIpc) is 2.77. The SMILES string of the molecule is NC(=O)COC1CCN(C(=O)C(=O)NC(c2ccccc2)c2ccc(Cl)cc2)CC1. The average molecular weight is 430 g/mol. The maximum Gasteiger partial charge on any atom is 0.311 e. The zero-order chi connectivity index (χ0) is 21.5. The molecule has 1 unspecified atom stereocenters. The Kier molecular flexibility index (Phi) is 7.43. The first-order chi connectivity index (χ1) is 14.4. The molecule has 0 aromatic heterocycles. The molecule has 1 fully saturated rings. The van der Waals surface area contributed by atoms with Crippen LogP contribution in [-0.4, -0.2) is 48.4 Å². The lowest BCUT2D eigenvalue weighted by molar-refractivity contribution is -0.148. The van der Waals surface area contributed by atoms with Crippen LogP contribution in [0.15, 0.2) is 54.6 Å². The second-order valence-electron chi connectivity index (χ2n) is 7.14. The molecular formula is C22H24ClN3O4. The zero-order valence-electron chi connectivity index (χ0n) is 16.4. The molecule has 8 heteroatoms. The van der Waals surface area contributed by atoms with Crippen LogP contribution in [0.2, 0.25) is 5.02 Å². The molecule has 30 heavy (non-hydrogen) atoms. The number of piperidine rings is 1. The molecule has 3 amide bonds. The molecule has 0 saturated carbocycles. The number of carbonyl (C=O) groups is 3. The number of nitrogens with one attached hydrogen (secondary N) is 1. The monoisotopic (exact) mass is 429 g/mol. The van der Waals surface area contributed by atoms with E-state index in [2.05, 4.69) is 5.32 Å². The van der Waals surface area contributed by atoms with E-state index >= 15 is 0 Å². The minimum atomic E-state index is -0.671. The van der Waals surface area contributed by atoms with Gasteiger partial charge in [0.2, 0.25) is 5.91 Å². The summed E-state index contributed by atoms with van der Waals surface area (Å²) in [6, 6.07) is 16.1. The van der Waals surface area contributed by atoms with Gasteiger partial charge in [0.1, 0.15) is 6.61 Å². The van der Waals surface area contributed by atoms with Crippen molar-refractivity contribution < 1.29 is 19.1 Å². The second kappa shape index (κ2) is 10.2. The topological polar surface area (TPSA) is 102 Å². The number of nitrogens with two attached hydrogens (primary N) is 1. The van der Waals surface area contributed by atoms with Crippen LogP contribution >= 0.6 is 11.6 Å². The van der Waals surface area contributed by atoms with Gasteiger partial charge in [0.25, 0.3) is 0 Å². The Hall–Kier alpha value is -2.90. The van der Waals surface area contributed by atoms with Gasteiger partial charge in [-0.15, -0.1) is 0 Å². The number of amides is 3. The van der Waals surface area contributed by atoms with Crippen molar-refractivity contribution in [2.75, 3.05) is 19.7 Å². The fourth-order valence-corrected chi connectivity index (χ4v) is 3.55. The van der Waals surface area contributed by atoms with Crippen molar-refractivity contribution in [3.8, 4) is 0 Å². The third-order valence-corrected chi connectivity index (χ3v) is 5.25. The van der Waals surface area contributed by atoms with Gasteiger partial charge in [-0.2, -0.15) is 0 Å². The fourth-order valence-electron chi connectivity index (χ4n) is 3.42. The van der Waals surface area contributed by atoms with Gasteiger partial charge in [-0.25, -0.2) is 0 Å². The molecule has 1 heterocycles. The fraction of sp³-hybridized carbons (Fsp3) is 0.318. The lowest BCUT2D eigenvalue weighted by Gasteiger charge is -2.31. The van der Waals surface area contributed by atoms with Crippen LogP contribution in [0, 0.1) is 0 Å². The van der Waals surface area contributed by atoms with E-state index in [0.717, 1.165) is 11.1 Å². The molecule has 2 aromatic rings. The van der Waals surface area contributed by atoms with Gasteiger partial charge in [-0.3, -0.25) is 14.4 Å². The van der Waals surface area contributed by atoms with Crippen LogP contribution in [0.3, 0.4) is 0 Å². The predicted molar refractivity (Wildman–Crippen MR) is 113 cm³/mol. The molecule has 3 N–H and O–H groups in total. The molecule has 2 aromatic carbocycles. The number of benzene rings is 2. The molecular weight excluding hydrogens is 406 g/mol. The summed E-state index contributed by atoms with van der Waals surface area (Å²) >= 11 is 5.99. The Balaban J connectivity index is 1.65. The number of carbonyl (C=O) groups excluding carboxylic acids is 3. The minimum absolute atomic E-state index is 0.140. The quantitative estimate of drug-likeness (QED) is 0.686. The maximum atomic E-state index is 12.7. The molecule has 1 atom stereocenters. The molecule has 0 radical (unpaired) electrons. The highest BCUT2D eigenvalue weighted by atomic mass is 35.5. The van der Waals surface area contributed by atoms with Crippen LogP contribution in [0.5, 0.6) is 0 Å². The van der Waals surface area contributed by atoms with E-state index in [-0.39, 0.29) is 12.7 Å².